The van der Waals surface area contributed by atoms with E-state index in [9.17, 15) is 0 Å². The molecule has 0 aliphatic heterocycles. The van der Waals surface area contributed by atoms with Gasteiger partial charge in [-0.2, -0.15) is 0 Å². The molecular formula is C12H16N2. The van der Waals surface area contributed by atoms with Gasteiger partial charge in [0.2, 0.25) is 0 Å². The Morgan fingerprint density at radius 3 is 2.36 bits per heavy atom. The Hall–Kier alpha value is -1.44. The van der Waals surface area contributed by atoms with Gasteiger partial charge in [0, 0.05) is 11.1 Å². The Bertz CT molecular complexity index is 385. The van der Waals surface area contributed by atoms with Gasteiger partial charge >= 0.3 is 0 Å². The Labute approximate surface area is 85.0 Å². The lowest BCUT2D eigenvalue weighted by Crippen LogP contribution is -1.88. The lowest BCUT2D eigenvalue weighted by Gasteiger charge is -2.02. The molecule has 1 heterocycles. The van der Waals surface area contributed by atoms with E-state index in [4.69, 9.17) is 0 Å². The molecule has 0 amide bonds. The van der Waals surface area contributed by atoms with E-state index in [1.54, 1.807) is 6.33 Å². The van der Waals surface area contributed by atoms with E-state index >= 15 is 0 Å². The second-order valence-electron chi connectivity index (χ2n) is 2.93. The van der Waals surface area contributed by atoms with Crippen LogP contribution < -0.4 is 0 Å². The molecule has 1 aromatic heterocycles. The standard InChI is InChI=1S/C10H10N2.C2H6/c1-7-4-3-5-9-10(7)8(2)11-6-12-9;1-2/h3-6H,1-2H3;1-2H3. The molecule has 0 saturated carbocycles. The van der Waals surface area contributed by atoms with E-state index in [0.717, 1.165) is 11.2 Å². The summed E-state index contributed by atoms with van der Waals surface area (Å²) in [5, 5.41) is 1.18. The van der Waals surface area contributed by atoms with Crippen LogP contribution in [0.5, 0.6) is 0 Å². The first kappa shape index (κ1) is 10.6. The summed E-state index contributed by atoms with van der Waals surface area (Å²) in [7, 11) is 0. The molecule has 0 bridgehead atoms. The highest BCUT2D eigenvalue weighted by molar-refractivity contribution is 5.83. The van der Waals surface area contributed by atoms with E-state index in [-0.39, 0.29) is 0 Å². The van der Waals surface area contributed by atoms with Crippen LogP contribution in [0.3, 0.4) is 0 Å². The average molecular weight is 188 g/mol. The molecular weight excluding hydrogens is 172 g/mol. The van der Waals surface area contributed by atoms with Crippen molar-refractivity contribution in [3.05, 3.63) is 35.8 Å². The molecule has 0 N–H and O–H groups in total. The van der Waals surface area contributed by atoms with Gasteiger partial charge in [0.1, 0.15) is 6.33 Å². The molecule has 0 fully saturated rings. The molecule has 74 valence electrons. The van der Waals surface area contributed by atoms with Crippen LogP contribution in [0, 0.1) is 13.8 Å². The number of benzene rings is 1. The molecule has 0 aliphatic carbocycles. The highest BCUT2D eigenvalue weighted by Gasteiger charge is 2.00. The summed E-state index contributed by atoms with van der Waals surface area (Å²) in [5.41, 5.74) is 3.33. The molecule has 1 aromatic carbocycles. The predicted octanol–water partition coefficient (Wildman–Crippen LogP) is 3.27. The molecule has 2 nitrogen and oxygen atoms in total. The van der Waals surface area contributed by atoms with Crippen molar-refractivity contribution in [2.75, 3.05) is 0 Å². The van der Waals surface area contributed by atoms with Crippen molar-refractivity contribution < 1.29 is 0 Å². The van der Waals surface area contributed by atoms with Crippen LogP contribution in [0.2, 0.25) is 0 Å². The van der Waals surface area contributed by atoms with Gasteiger partial charge in [0.25, 0.3) is 0 Å². The van der Waals surface area contributed by atoms with Gasteiger partial charge in [-0.05, 0) is 25.5 Å². The first-order chi connectivity index (χ1) is 6.79. The fraction of sp³-hybridized carbons (Fsp3) is 0.333. The van der Waals surface area contributed by atoms with Gasteiger partial charge in [-0.15, -0.1) is 0 Å². The van der Waals surface area contributed by atoms with E-state index in [2.05, 4.69) is 23.0 Å². The third kappa shape index (κ3) is 1.90. The summed E-state index contributed by atoms with van der Waals surface area (Å²) < 4.78 is 0. The van der Waals surface area contributed by atoms with Crippen molar-refractivity contribution in [2.24, 2.45) is 0 Å². The zero-order valence-electron chi connectivity index (χ0n) is 9.20. The van der Waals surface area contributed by atoms with Crippen molar-refractivity contribution in [2.45, 2.75) is 27.7 Å². The van der Waals surface area contributed by atoms with Crippen LogP contribution in [0.4, 0.5) is 0 Å². The smallest absolute Gasteiger partial charge is 0.116 e. The van der Waals surface area contributed by atoms with Gasteiger partial charge in [-0.3, -0.25) is 0 Å². The fourth-order valence-electron chi connectivity index (χ4n) is 1.47. The largest absolute Gasteiger partial charge is 0.241 e. The van der Waals surface area contributed by atoms with E-state index in [0.29, 0.717) is 0 Å². The number of aryl methyl sites for hydroxylation is 2. The molecule has 2 rings (SSSR count). The zero-order valence-corrected chi connectivity index (χ0v) is 9.20. The maximum atomic E-state index is 4.19. The lowest BCUT2D eigenvalue weighted by molar-refractivity contribution is 1.15. The Balaban J connectivity index is 0.000000461. The molecule has 2 aromatic rings. The molecule has 0 atom stereocenters. The molecule has 0 unspecified atom stereocenters. The summed E-state index contributed by atoms with van der Waals surface area (Å²) in [6.45, 7) is 8.09. The SMILES string of the molecule is CC.Cc1cccc2ncnc(C)c12. The molecule has 0 radical (unpaired) electrons. The molecule has 14 heavy (non-hydrogen) atoms. The summed E-state index contributed by atoms with van der Waals surface area (Å²) >= 11 is 0. The summed E-state index contributed by atoms with van der Waals surface area (Å²) in [4.78, 5) is 8.35. The topological polar surface area (TPSA) is 25.8 Å². The highest BCUT2D eigenvalue weighted by atomic mass is 14.8. The Morgan fingerprint density at radius 2 is 1.71 bits per heavy atom. The van der Waals surface area contributed by atoms with Crippen LogP contribution >= 0.6 is 0 Å². The molecule has 2 heteroatoms. The Morgan fingerprint density at radius 1 is 1.00 bits per heavy atom. The quantitative estimate of drug-likeness (QED) is 0.634. The van der Waals surface area contributed by atoms with Crippen LogP contribution in [0.1, 0.15) is 25.1 Å². The predicted molar refractivity (Wildman–Crippen MR) is 60.4 cm³/mol. The number of hydrogen-bond donors (Lipinski definition) is 0. The maximum absolute atomic E-state index is 4.19. The minimum atomic E-state index is 1.03. The van der Waals surface area contributed by atoms with Crippen molar-refractivity contribution in [3.8, 4) is 0 Å². The number of hydrogen-bond acceptors (Lipinski definition) is 2. The number of nitrogens with zero attached hydrogens (tertiary/aromatic N) is 2. The minimum absolute atomic E-state index is 1.03. The van der Waals surface area contributed by atoms with Gasteiger partial charge < -0.3 is 0 Å². The molecule has 0 spiro atoms. The Kier molecular flexibility index (Phi) is 3.57. The van der Waals surface area contributed by atoms with E-state index < -0.39 is 0 Å². The summed E-state index contributed by atoms with van der Waals surface area (Å²) in [5.74, 6) is 0. The fourth-order valence-corrected chi connectivity index (χ4v) is 1.47. The van der Waals surface area contributed by atoms with Gasteiger partial charge in [-0.25, -0.2) is 9.97 Å². The normalized spacial score (nSPS) is 9.43. The summed E-state index contributed by atoms with van der Waals surface area (Å²) in [6, 6.07) is 6.11. The number of fused-ring (bicyclic) bond motifs is 1. The van der Waals surface area contributed by atoms with Crippen molar-refractivity contribution >= 4 is 10.9 Å². The highest BCUT2D eigenvalue weighted by Crippen LogP contribution is 2.17. The third-order valence-electron chi connectivity index (χ3n) is 2.06. The monoisotopic (exact) mass is 188 g/mol. The minimum Gasteiger partial charge on any atom is -0.241 e. The maximum Gasteiger partial charge on any atom is 0.116 e. The van der Waals surface area contributed by atoms with Crippen molar-refractivity contribution in [1.29, 1.82) is 0 Å². The van der Waals surface area contributed by atoms with Gasteiger partial charge in [-0.1, -0.05) is 26.0 Å². The van der Waals surface area contributed by atoms with Crippen molar-refractivity contribution in [3.63, 3.8) is 0 Å². The van der Waals surface area contributed by atoms with Crippen LogP contribution in [-0.2, 0) is 0 Å². The van der Waals surface area contributed by atoms with Crippen LogP contribution in [0.25, 0.3) is 10.9 Å². The van der Waals surface area contributed by atoms with Crippen LogP contribution in [0.15, 0.2) is 24.5 Å². The first-order valence-electron chi connectivity index (χ1n) is 4.96. The first-order valence-corrected chi connectivity index (χ1v) is 4.96. The van der Waals surface area contributed by atoms with Gasteiger partial charge in [0.15, 0.2) is 0 Å². The second-order valence-corrected chi connectivity index (χ2v) is 2.93. The van der Waals surface area contributed by atoms with Crippen LogP contribution in [-0.4, -0.2) is 9.97 Å². The van der Waals surface area contributed by atoms with Gasteiger partial charge in [0.05, 0.1) is 5.52 Å². The van der Waals surface area contributed by atoms with Crippen molar-refractivity contribution in [1.82, 2.24) is 9.97 Å². The average Bonchev–Trinajstić information content (AvgIpc) is 2.21. The number of rotatable bonds is 0. The summed E-state index contributed by atoms with van der Waals surface area (Å²) in [6.07, 6.45) is 1.61. The molecule has 0 saturated heterocycles. The third-order valence-corrected chi connectivity index (χ3v) is 2.06. The zero-order chi connectivity index (χ0) is 10.6. The van der Waals surface area contributed by atoms with E-state index in [1.165, 1.54) is 10.9 Å². The lowest BCUT2D eigenvalue weighted by atomic mass is 10.1. The van der Waals surface area contributed by atoms with E-state index in [1.807, 2.05) is 32.9 Å². The number of aromatic nitrogens is 2. The molecule has 0 aliphatic rings. The second kappa shape index (κ2) is 4.70.